The lowest BCUT2D eigenvalue weighted by Crippen LogP contribution is -2.27. The van der Waals surface area contributed by atoms with Gasteiger partial charge in [-0.2, -0.15) is 0 Å². The molecule has 0 aliphatic rings. The zero-order valence-electron chi connectivity index (χ0n) is 10.1. The van der Waals surface area contributed by atoms with E-state index >= 15 is 0 Å². The molecule has 0 spiro atoms. The summed E-state index contributed by atoms with van der Waals surface area (Å²) in [6.45, 7) is 7.11. The molecule has 4 nitrogen and oxygen atoms in total. The third-order valence-corrected chi connectivity index (χ3v) is 2.29. The maximum Gasteiger partial charge on any atom is 0.239 e. The van der Waals surface area contributed by atoms with Crippen molar-refractivity contribution in [3.8, 4) is 0 Å². The van der Waals surface area contributed by atoms with Gasteiger partial charge in [0.1, 0.15) is 6.54 Å². The molecule has 1 aromatic rings. The second kappa shape index (κ2) is 7.06. The van der Waals surface area contributed by atoms with Crippen LogP contribution < -0.4 is 10.6 Å². The Labute approximate surface area is 97.0 Å². The highest BCUT2D eigenvalue weighted by atomic mass is 16.1. The fourth-order valence-corrected chi connectivity index (χ4v) is 1.45. The number of amides is 1. The molecule has 0 saturated heterocycles. The van der Waals surface area contributed by atoms with Crippen LogP contribution in [0, 0.1) is 0 Å². The van der Waals surface area contributed by atoms with E-state index in [9.17, 15) is 4.79 Å². The van der Waals surface area contributed by atoms with Gasteiger partial charge in [-0.15, -0.1) is 0 Å². The molecule has 90 valence electrons. The number of aromatic nitrogens is 1. The minimum atomic E-state index is 0.0763. The van der Waals surface area contributed by atoms with Crippen molar-refractivity contribution < 1.29 is 4.79 Å². The Balaban J connectivity index is 2.36. The third kappa shape index (κ3) is 4.49. The van der Waals surface area contributed by atoms with E-state index in [0.29, 0.717) is 6.54 Å². The monoisotopic (exact) mass is 223 g/mol. The van der Waals surface area contributed by atoms with E-state index in [2.05, 4.69) is 17.6 Å². The number of rotatable bonds is 7. The van der Waals surface area contributed by atoms with Crippen LogP contribution >= 0.6 is 0 Å². The summed E-state index contributed by atoms with van der Waals surface area (Å²) in [6.07, 6.45) is 4.93. The van der Waals surface area contributed by atoms with Gasteiger partial charge in [0.25, 0.3) is 0 Å². The van der Waals surface area contributed by atoms with Crippen molar-refractivity contribution in [2.75, 3.05) is 13.1 Å². The quantitative estimate of drug-likeness (QED) is 0.727. The summed E-state index contributed by atoms with van der Waals surface area (Å²) in [6, 6.07) is 2.04. The second-order valence-electron chi connectivity index (χ2n) is 3.82. The summed E-state index contributed by atoms with van der Waals surface area (Å²) in [5.41, 5.74) is 1.21. The van der Waals surface area contributed by atoms with E-state index in [4.69, 9.17) is 0 Å². The Morgan fingerprint density at radius 2 is 2.25 bits per heavy atom. The van der Waals surface area contributed by atoms with Crippen LogP contribution in [0.25, 0.3) is 0 Å². The molecular weight excluding hydrogens is 202 g/mol. The third-order valence-electron chi connectivity index (χ3n) is 2.29. The Morgan fingerprint density at radius 3 is 2.94 bits per heavy atom. The van der Waals surface area contributed by atoms with Gasteiger partial charge in [-0.1, -0.05) is 13.8 Å². The first-order valence-electron chi connectivity index (χ1n) is 5.88. The normalized spacial score (nSPS) is 10.4. The summed E-state index contributed by atoms with van der Waals surface area (Å²) in [7, 11) is 0. The Morgan fingerprint density at radius 1 is 1.44 bits per heavy atom. The average Bonchev–Trinajstić information content (AvgIpc) is 2.71. The molecule has 1 heterocycles. The standard InChI is InChI=1S/C12H21N3O/c1-3-6-14-12(16)10-15-7-5-11(9-15)8-13-4-2/h5,7,9,13H,3-4,6,8,10H2,1-2H3,(H,14,16). The smallest absolute Gasteiger partial charge is 0.239 e. The highest BCUT2D eigenvalue weighted by molar-refractivity contribution is 5.75. The van der Waals surface area contributed by atoms with Crippen LogP contribution in [0.1, 0.15) is 25.8 Å². The Bertz CT molecular complexity index is 320. The predicted octanol–water partition coefficient (Wildman–Crippen LogP) is 1.12. The van der Waals surface area contributed by atoms with Crippen LogP contribution in [-0.4, -0.2) is 23.6 Å². The van der Waals surface area contributed by atoms with E-state index in [1.807, 2.05) is 30.0 Å². The number of hydrogen-bond acceptors (Lipinski definition) is 2. The summed E-state index contributed by atoms with van der Waals surface area (Å²) in [4.78, 5) is 11.4. The Kier molecular flexibility index (Phi) is 5.64. The second-order valence-corrected chi connectivity index (χ2v) is 3.82. The van der Waals surface area contributed by atoms with Crippen LogP contribution in [0.5, 0.6) is 0 Å². The van der Waals surface area contributed by atoms with Crippen LogP contribution in [0.4, 0.5) is 0 Å². The molecule has 1 amide bonds. The lowest BCUT2D eigenvalue weighted by atomic mass is 10.3. The highest BCUT2D eigenvalue weighted by Gasteiger charge is 2.02. The van der Waals surface area contributed by atoms with E-state index in [0.717, 1.165) is 26.1 Å². The molecule has 0 fully saturated rings. The van der Waals surface area contributed by atoms with Gasteiger partial charge in [0, 0.05) is 25.5 Å². The fourth-order valence-electron chi connectivity index (χ4n) is 1.45. The summed E-state index contributed by atoms with van der Waals surface area (Å²) < 4.78 is 1.91. The van der Waals surface area contributed by atoms with E-state index < -0.39 is 0 Å². The summed E-state index contributed by atoms with van der Waals surface area (Å²) >= 11 is 0. The maximum atomic E-state index is 11.4. The lowest BCUT2D eigenvalue weighted by Gasteiger charge is -2.04. The molecule has 4 heteroatoms. The largest absolute Gasteiger partial charge is 0.355 e. The van der Waals surface area contributed by atoms with Gasteiger partial charge < -0.3 is 15.2 Å². The van der Waals surface area contributed by atoms with Gasteiger partial charge >= 0.3 is 0 Å². The van der Waals surface area contributed by atoms with Crippen molar-refractivity contribution in [3.63, 3.8) is 0 Å². The molecular formula is C12H21N3O. The molecule has 0 aliphatic heterocycles. The number of nitrogens with zero attached hydrogens (tertiary/aromatic N) is 1. The van der Waals surface area contributed by atoms with Crippen LogP contribution in [0.2, 0.25) is 0 Å². The predicted molar refractivity (Wildman–Crippen MR) is 65.1 cm³/mol. The molecule has 0 unspecified atom stereocenters. The highest BCUT2D eigenvalue weighted by Crippen LogP contribution is 2.00. The molecule has 1 rings (SSSR count). The first kappa shape index (κ1) is 12.8. The van der Waals surface area contributed by atoms with E-state index in [-0.39, 0.29) is 5.91 Å². The van der Waals surface area contributed by atoms with Gasteiger partial charge in [0.15, 0.2) is 0 Å². The summed E-state index contributed by atoms with van der Waals surface area (Å²) in [5.74, 6) is 0.0763. The van der Waals surface area contributed by atoms with Crippen LogP contribution in [0.15, 0.2) is 18.5 Å². The lowest BCUT2D eigenvalue weighted by molar-refractivity contribution is -0.121. The molecule has 2 N–H and O–H groups in total. The fraction of sp³-hybridized carbons (Fsp3) is 0.583. The van der Waals surface area contributed by atoms with Crippen LogP contribution in [-0.2, 0) is 17.9 Å². The molecule has 0 radical (unpaired) electrons. The van der Waals surface area contributed by atoms with Gasteiger partial charge in [0.05, 0.1) is 0 Å². The topological polar surface area (TPSA) is 46.1 Å². The SMILES string of the molecule is CCCNC(=O)Cn1ccc(CNCC)c1. The molecule has 1 aromatic heterocycles. The maximum absolute atomic E-state index is 11.4. The van der Waals surface area contributed by atoms with Crippen LogP contribution in [0.3, 0.4) is 0 Å². The van der Waals surface area contributed by atoms with Crippen molar-refractivity contribution in [1.29, 1.82) is 0 Å². The molecule has 0 aromatic carbocycles. The zero-order chi connectivity index (χ0) is 11.8. The van der Waals surface area contributed by atoms with Gasteiger partial charge in [-0.25, -0.2) is 0 Å². The minimum Gasteiger partial charge on any atom is -0.355 e. The first-order chi connectivity index (χ1) is 7.76. The minimum absolute atomic E-state index is 0.0763. The summed E-state index contributed by atoms with van der Waals surface area (Å²) in [5, 5.41) is 6.11. The van der Waals surface area contributed by atoms with Crippen molar-refractivity contribution in [3.05, 3.63) is 24.0 Å². The first-order valence-corrected chi connectivity index (χ1v) is 5.88. The van der Waals surface area contributed by atoms with Gasteiger partial charge in [-0.05, 0) is 24.6 Å². The molecule has 0 saturated carbocycles. The van der Waals surface area contributed by atoms with Crippen molar-refractivity contribution in [2.24, 2.45) is 0 Å². The van der Waals surface area contributed by atoms with Crippen molar-refractivity contribution in [1.82, 2.24) is 15.2 Å². The Hall–Kier alpha value is -1.29. The van der Waals surface area contributed by atoms with E-state index in [1.54, 1.807) is 0 Å². The van der Waals surface area contributed by atoms with Crippen molar-refractivity contribution >= 4 is 5.91 Å². The van der Waals surface area contributed by atoms with E-state index in [1.165, 1.54) is 5.56 Å². The van der Waals surface area contributed by atoms with Gasteiger partial charge in [-0.3, -0.25) is 4.79 Å². The molecule has 16 heavy (non-hydrogen) atoms. The average molecular weight is 223 g/mol. The molecule has 0 bridgehead atoms. The number of carbonyl (C=O) groups is 1. The van der Waals surface area contributed by atoms with Gasteiger partial charge in [0.2, 0.25) is 5.91 Å². The molecule has 0 atom stereocenters. The number of carbonyl (C=O) groups excluding carboxylic acids is 1. The van der Waals surface area contributed by atoms with Crippen molar-refractivity contribution in [2.45, 2.75) is 33.4 Å². The molecule has 0 aliphatic carbocycles. The number of nitrogens with one attached hydrogen (secondary N) is 2. The zero-order valence-corrected chi connectivity index (χ0v) is 10.1. The number of hydrogen-bond donors (Lipinski definition) is 2.